The first kappa shape index (κ1) is 13.4. The van der Waals surface area contributed by atoms with E-state index >= 15 is 0 Å². The first-order chi connectivity index (χ1) is 9.52. The fourth-order valence-corrected chi connectivity index (χ4v) is 3.54. The smallest absolute Gasteiger partial charge is 0.194 e. The van der Waals surface area contributed by atoms with Crippen LogP contribution in [-0.4, -0.2) is 15.9 Å². The van der Waals surface area contributed by atoms with Gasteiger partial charge in [-0.25, -0.2) is 4.98 Å². The molecule has 3 aromatic rings. The number of rotatable bonds is 3. The number of hydrogen-bond acceptors (Lipinski definition) is 4. The van der Waals surface area contributed by atoms with E-state index in [4.69, 9.17) is 15.1 Å². The maximum Gasteiger partial charge on any atom is 0.194 e. The van der Waals surface area contributed by atoms with Crippen LogP contribution in [0.4, 0.5) is 0 Å². The van der Waals surface area contributed by atoms with Crippen LogP contribution in [-0.2, 0) is 11.8 Å². The van der Waals surface area contributed by atoms with Crippen LogP contribution in [0, 0.1) is 0 Å². The molecule has 0 saturated carbocycles. The number of hydrogen-bond donors (Lipinski definition) is 1. The number of nitrogens with zero attached hydrogens (tertiary/aromatic N) is 2. The van der Waals surface area contributed by atoms with E-state index in [1.807, 2.05) is 12.1 Å². The van der Waals surface area contributed by atoms with Crippen molar-refractivity contribution in [1.29, 1.82) is 0 Å². The maximum atomic E-state index is 5.79. The highest BCUT2D eigenvalue weighted by Crippen LogP contribution is 2.33. The molecule has 0 fully saturated rings. The predicted molar refractivity (Wildman–Crippen MR) is 82.2 cm³/mol. The van der Waals surface area contributed by atoms with Crippen molar-refractivity contribution < 1.29 is 4.42 Å². The molecule has 5 heteroatoms. The minimum Gasteiger partial charge on any atom is -0.463 e. The van der Waals surface area contributed by atoms with Crippen molar-refractivity contribution >= 4 is 16.3 Å². The summed E-state index contributed by atoms with van der Waals surface area (Å²) in [5, 5.41) is 2.19. The van der Waals surface area contributed by atoms with Crippen LogP contribution in [0.3, 0.4) is 0 Å². The van der Waals surface area contributed by atoms with Crippen molar-refractivity contribution in [2.75, 3.05) is 6.54 Å². The van der Waals surface area contributed by atoms with E-state index in [0.29, 0.717) is 6.54 Å². The molecular formula is C15H19N3OS. The lowest BCUT2D eigenvalue weighted by molar-refractivity contribution is 0.559. The maximum absolute atomic E-state index is 5.79. The van der Waals surface area contributed by atoms with E-state index in [-0.39, 0.29) is 5.41 Å². The first-order valence-electron chi connectivity index (χ1n) is 6.75. The van der Waals surface area contributed by atoms with E-state index in [9.17, 15) is 0 Å². The molecule has 3 aromatic heterocycles. The SMILES string of the molecule is CC(C)(C)c1csc2nc(-c3ccco3)c(CCN)n12. The van der Waals surface area contributed by atoms with Gasteiger partial charge < -0.3 is 10.2 Å². The standard InChI is InChI=1S/C15H19N3OS/c1-15(2,3)12-9-20-14-17-13(11-5-4-8-19-11)10(6-7-16)18(12)14/h4-5,8-9H,6-7,16H2,1-3H3. The first-order valence-corrected chi connectivity index (χ1v) is 7.63. The van der Waals surface area contributed by atoms with Gasteiger partial charge in [-0.15, -0.1) is 11.3 Å². The number of thiazole rings is 1. The molecule has 3 heterocycles. The molecule has 4 nitrogen and oxygen atoms in total. The van der Waals surface area contributed by atoms with Gasteiger partial charge in [-0.05, 0) is 18.7 Å². The molecule has 0 radical (unpaired) electrons. The second kappa shape index (κ2) is 4.75. The Morgan fingerprint density at radius 1 is 1.40 bits per heavy atom. The van der Waals surface area contributed by atoms with E-state index in [0.717, 1.165) is 28.5 Å². The Kier molecular flexibility index (Phi) is 3.18. The third-order valence-electron chi connectivity index (χ3n) is 3.36. The normalized spacial score (nSPS) is 12.4. The quantitative estimate of drug-likeness (QED) is 0.803. The molecule has 106 valence electrons. The van der Waals surface area contributed by atoms with Crippen molar-refractivity contribution in [3.63, 3.8) is 0 Å². The van der Waals surface area contributed by atoms with Gasteiger partial charge in [0, 0.05) is 22.9 Å². The van der Waals surface area contributed by atoms with Gasteiger partial charge in [-0.2, -0.15) is 0 Å². The Labute approximate surface area is 122 Å². The van der Waals surface area contributed by atoms with Crippen LogP contribution in [0.5, 0.6) is 0 Å². The van der Waals surface area contributed by atoms with Crippen molar-refractivity contribution in [1.82, 2.24) is 9.38 Å². The minimum atomic E-state index is 0.0722. The average Bonchev–Trinajstić information content (AvgIpc) is 3.03. The molecule has 0 spiro atoms. The van der Waals surface area contributed by atoms with Crippen LogP contribution < -0.4 is 5.73 Å². The second-order valence-corrected chi connectivity index (χ2v) is 6.75. The van der Waals surface area contributed by atoms with Gasteiger partial charge in [0.25, 0.3) is 0 Å². The highest BCUT2D eigenvalue weighted by Gasteiger charge is 2.24. The monoisotopic (exact) mass is 289 g/mol. The zero-order valence-corrected chi connectivity index (χ0v) is 12.8. The predicted octanol–water partition coefficient (Wildman–Crippen LogP) is 3.45. The minimum absolute atomic E-state index is 0.0722. The molecule has 0 amide bonds. The van der Waals surface area contributed by atoms with Crippen LogP contribution in [0.1, 0.15) is 32.2 Å². The molecule has 0 aliphatic heterocycles. The molecule has 0 atom stereocenters. The molecular weight excluding hydrogens is 270 g/mol. The number of aromatic nitrogens is 2. The second-order valence-electron chi connectivity index (χ2n) is 5.91. The number of furan rings is 1. The lowest BCUT2D eigenvalue weighted by Crippen LogP contribution is -2.16. The van der Waals surface area contributed by atoms with E-state index in [1.165, 1.54) is 5.69 Å². The molecule has 0 aliphatic rings. The van der Waals surface area contributed by atoms with Crippen LogP contribution in [0.2, 0.25) is 0 Å². The van der Waals surface area contributed by atoms with Crippen molar-refractivity contribution in [3.05, 3.63) is 35.2 Å². The Bertz CT molecular complexity index is 716. The van der Waals surface area contributed by atoms with Gasteiger partial charge in [-0.1, -0.05) is 20.8 Å². The molecule has 0 bridgehead atoms. The van der Waals surface area contributed by atoms with Crippen molar-refractivity contribution in [2.24, 2.45) is 5.73 Å². The number of nitrogens with two attached hydrogens (primary N) is 1. The number of fused-ring (bicyclic) bond motifs is 1. The van der Waals surface area contributed by atoms with Crippen molar-refractivity contribution in [3.8, 4) is 11.5 Å². The molecule has 0 saturated heterocycles. The van der Waals surface area contributed by atoms with Crippen LogP contribution >= 0.6 is 11.3 Å². The number of imidazole rings is 1. The van der Waals surface area contributed by atoms with Crippen molar-refractivity contribution in [2.45, 2.75) is 32.6 Å². The fourth-order valence-electron chi connectivity index (χ4n) is 2.41. The lowest BCUT2D eigenvalue weighted by atomic mass is 9.93. The summed E-state index contributed by atoms with van der Waals surface area (Å²) in [5.41, 5.74) is 9.19. The summed E-state index contributed by atoms with van der Waals surface area (Å²) in [6.45, 7) is 7.24. The Balaban J connectivity index is 2.28. The Hall–Kier alpha value is -1.59. The largest absolute Gasteiger partial charge is 0.463 e. The fraction of sp³-hybridized carbons (Fsp3) is 0.400. The van der Waals surface area contributed by atoms with Gasteiger partial charge in [0.05, 0.1) is 12.0 Å². The summed E-state index contributed by atoms with van der Waals surface area (Å²) in [6, 6.07) is 3.84. The Morgan fingerprint density at radius 2 is 2.20 bits per heavy atom. The summed E-state index contributed by atoms with van der Waals surface area (Å²) >= 11 is 1.67. The summed E-state index contributed by atoms with van der Waals surface area (Å²) in [4.78, 5) is 5.74. The summed E-state index contributed by atoms with van der Waals surface area (Å²) in [7, 11) is 0. The van der Waals surface area contributed by atoms with E-state index < -0.39 is 0 Å². The molecule has 20 heavy (non-hydrogen) atoms. The summed E-state index contributed by atoms with van der Waals surface area (Å²) in [5.74, 6) is 0.809. The van der Waals surface area contributed by atoms with Gasteiger partial charge in [0.1, 0.15) is 5.69 Å². The summed E-state index contributed by atoms with van der Waals surface area (Å²) in [6.07, 6.45) is 2.47. The zero-order valence-electron chi connectivity index (χ0n) is 12.0. The van der Waals surface area contributed by atoms with Crippen LogP contribution in [0.15, 0.2) is 28.2 Å². The van der Waals surface area contributed by atoms with Gasteiger partial charge in [0.2, 0.25) is 0 Å². The highest BCUT2D eigenvalue weighted by atomic mass is 32.1. The Morgan fingerprint density at radius 3 is 2.80 bits per heavy atom. The topological polar surface area (TPSA) is 56.5 Å². The molecule has 2 N–H and O–H groups in total. The summed E-state index contributed by atoms with van der Waals surface area (Å²) < 4.78 is 7.76. The molecule has 0 unspecified atom stereocenters. The molecule has 0 aromatic carbocycles. The van der Waals surface area contributed by atoms with Gasteiger partial charge in [-0.3, -0.25) is 4.40 Å². The lowest BCUT2D eigenvalue weighted by Gasteiger charge is -2.18. The molecule has 3 rings (SSSR count). The van der Waals surface area contributed by atoms with Gasteiger partial charge >= 0.3 is 0 Å². The average molecular weight is 289 g/mol. The third-order valence-corrected chi connectivity index (χ3v) is 4.19. The van der Waals surface area contributed by atoms with Crippen LogP contribution in [0.25, 0.3) is 16.4 Å². The molecule has 0 aliphatic carbocycles. The third kappa shape index (κ3) is 2.07. The highest BCUT2D eigenvalue weighted by molar-refractivity contribution is 7.15. The van der Waals surface area contributed by atoms with E-state index in [1.54, 1.807) is 17.6 Å². The van der Waals surface area contributed by atoms with Gasteiger partial charge in [0.15, 0.2) is 10.7 Å². The zero-order chi connectivity index (χ0) is 14.3. The van der Waals surface area contributed by atoms with E-state index in [2.05, 4.69) is 30.6 Å².